The van der Waals surface area contributed by atoms with Crippen LogP contribution < -0.4 is 4.90 Å². The van der Waals surface area contributed by atoms with Crippen molar-refractivity contribution in [2.45, 2.75) is 12.7 Å². The van der Waals surface area contributed by atoms with E-state index in [1.807, 2.05) is 0 Å². The molecule has 1 aliphatic heterocycles. The number of hydrogen-bond acceptors (Lipinski definition) is 6. The molecule has 3 aromatic rings. The Morgan fingerprint density at radius 2 is 1.81 bits per heavy atom. The second kappa shape index (κ2) is 9.07. The van der Waals surface area contributed by atoms with Crippen molar-refractivity contribution in [3.05, 3.63) is 60.1 Å². The van der Waals surface area contributed by atoms with Crippen LogP contribution in [0.4, 0.5) is 23.8 Å². The lowest BCUT2D eigenvalue weighted by molar-refractivity contribution is -0.156. The molecule has 0 spiro atoms. The van der Waals surface area contributed by atoms with Gasteiger partial charge < -0.3 is 9.32 Å². The van der Waals surface area contributed by atoms with E-state index in [-0.39, 0.29) is 18.5 Å². The molecule has 2 amide bonds. The zero-order valence-electron chi connectivity index (χ0n) is 16.7. The van der Waals surface area contributed by atoms with Crippen LogP contribution in [0.1, 0.15) is 11.5 Å². The number of carbonyl (C=O) groups excluding carboxylic acids is 1. The average molecular weight is 465 g/mol. The fourth-order valence-corrected chi connectivity index (χ4v) is 4.20. The van der Waals surface area contributed by atoms with E-state index in [1.165, 1.54) is 4.90 Å². The second-order valence-electron chi connectivity index (χ2n) is 7.00. The van der Waals surface area contributed by atoms with Crippen molar-refractivity contribution in [3.63, 3.8) is 0 Å². The Balaban J connectivity index is 1.54. The maximum atomic E-state index is 13.2. The SMILES string of the molecule is O=C(N1CCS(=O)CC1)N(Cc1ccc(-c2nnc(C(F)(F)F)o2)cc1)c1ccccn1. The molecule has 0 radical (unpaired) electrons. The maximum Gasteiger partial charge on any atom is 0.470 e. The van der Waals surface area contributed by atoms with Gasteiger partial charge in [-0.1, -0.05) is 18.2 Å². The Morgan fingerprint density at radius 1 is 1.09 bits per heavy atom. The summed E-state index contributed by atoms with van der Waals surface area (Å²) in [5.74, 6) is -0.338. The third-order valence-electron chi connectivity index (χ3n) is 4.81. The fourth-order valence-electron chi connectivity index (χ4n) is 3.15. The van der Waals surface area contributed by atoms with Crippen LogP contribution in [0, 0.1) is 0 Å². The van der Waals surface area contributed by atoms with Gasteiger partial charge in [-0.25, -0.2) is 9.78 Å². The van der Waals surface area contributed by atoms with E-state index in [0.29, 0.717) is 36.0 Å². The van der Waals surface area contributed by atoms with Crippen LogP contribution in [0.15, 0.2) is 53.1 Å². The van der Waals surface area contributed by atoms with E-state index < -0.39 is 22.9 Å². The number of amides is 2. The zero-order valence-corrected chi connectivity index (χ0v) is 17.5. The van der Waals surface area contributed by atoms with E-state index in [0.717, 1.165) is 5.56 Å². The summed E-state index contributed by atoms with van der Waals surface area (Å²) in [6.07, 6.45) is -3.13. The highest BCUT2D eigenvalue weighted by molar-refractivity contribution is 7.85. The molecule has 0 saturated carbocycles. The maximum absolute atomic E-state index is 13.2. The number of hydrogen-bond donors (Lipinski definition) is 0. The predicted octanol–water partition coefficient (Wildman–Crippen LogP) is 3.34. The number of nitrogens with zero attached hydrogens (tertiary/aromatic N) is 5. The average Bonchev–Trinajstić information content (AvgIpc) is 3.30. The monoisotopic (exact) mass is 465 g/mol. The zero-order chi connectivity index (χ0) is 22.7. The minimum absolute atomic E-state index is 0.188. The van der Waals surface area contributed by atoms with E-state index >= 15 is 0 Å². The first-order chi connectivity index (χ1) is 15.3. The summed E-state index contributed by atoms with van der Waals surface area (Å²) in [6.45, 7) is 0.978. The predicted molar refractivity (Wildman–Crippen MR) is 110 cm³/mol. The summed E-state index contributed by atoms with van der Waals surface area (Å²) in [7, 11) is -0.916. The highest BCUT2D eigenvalue weighted by atomic mass is 32.2. The molecule has 3 heterocycles. The number of rotatable bonds is 4. The molecular weight excluding hydrogens is 447 g/mol. The minimum Gasteiger partial charge on any atom is -0.413 e. The smallest absolute Gasteiger partial charge is 0.413 e. The molecule has 1 aliphatic rings. The van der Waals surface area contributed by atoms with Crippen LogP contribution in [0.25, 0.3) is 11.5 Å². The van der Waals surface area contributed by atoms with Gasteiger partial charge in [-0.05, 0) is 29.8 Å². The first-order valence-electron chi connectivity index (χ1n) is 9.64. The highest BCUT2D eigenvalue weighted by Gasteiger charge is 2.38. The second-order valence-corrected chi connectivity index (χ2v) is 8.69. The summed E-state index contributed by atoms with van der Waals surface area (Å²) >= 11 is 0. The number of carbonyl (C=O) groups is 1. The van der Waals surface area contributed by atoms with Crippen molar-refractivity contribution >= 4 is 22.6 Å². The molecule has 0 bridgehead atoms. The molecule has 168 valence electrons. The van der Waals surface area contributed by atoms with E-state index in [4.69, 9.17) is 4.42 Å². The number of anilines is 1. The van der Waals surface area contributed by atoms with Crippen LogP contribution in [0.5, 0.6) is 0 Å². The number of urea groups is 1. The van der Waals surface area contributed by atoms with Crippen molar-refractivity contribution in [3.8, 4) is 11.5 Å². The van der Waals surface area contributed by atoms with Gasteiger partial charge in [0.15, 0.2) is 0 Å². The number of benzene rings is 1. The fraction of sp³-hybridized carbons (Fsp3) is 0.300. The minimum atomic E-state index is -4.71. The summed E-state index contributed by atoms with van der Waals surface area (Å²) in [5, 5.41) is 6.47. The molecule has 2 aromatic heterocycles. The van der Waals surface area contributed by atoms with E-state index in [9.17, 15) is 22.2 Å². The number of aromatic nitrogens is 3. The third kappa shape index (κ3) is 4.96. The Labute approximate surface area is 183 Å². The van der Waals surface area contributed by atoms with Gasteiger partial charge in [0.1, 0.15) is 5.82 Å². The first-order valence-corrected chi connectivity index (χ1v) is 11.1. The molecule has 8 nitrogen and oxygen atoms in total. The quantitative estimate of drug-likeness (QED) is 0.587. The van der Waals surface area contributed by atoms with Gasteiger partial charge in [-0.15, -0.1) is 10.2 Å². The normalized spacial score (nSPS) is 15.0. The largest absolute Gasteiger partial charge is 0.470 e. The van der Waals surface area contributed by atoms with Gasteiger partial charge in [0, 0.05) is 47.2 Å². The molecular formula is C20H18F3N5O3S. The van der Waals surface area contributed by atoms with Crippen LogP contribution in [-0.4, -0.2) is 54.9 Å². The summed E-state index contributed by atoms with van der Waals surface area (Å²) in [4.78, 5) is 20.6. The van der Waals surface area contributed by atoms with Gasteiger partial charge in [-0.3, -0.25) is 9.11 Å². The molecule has 0 unspecified atom stereocenters. The first kappa shape index (κ1) is 21.9. The number of alkyl halides is 3. The molecule has 1 aromatic carbocycles. The molecule has 0 atom stereocenters. The highest BCUT2D eigenvalue weighted by Crippen LogP contribution is 2.30. The topological polar surface area (TPSA) is 92.4 Å². The van der Waals surface area contributed by atoms with E-state index in [2.05, 4.69) is 15.2 Å². The Kier molecular flexibility index (Phi) is 6.21. The Hall–Kier alpha value is -3.28. The molecule has 32 heavy (non-hydrogen) atoms. The third-order valence-corrected chi connectivity index (χ3v) is 6.09. The summed E-state index contributed by atoms with van der Waals surface area (Å²) < 4.78 is 54.4. The van der Waals surface area contributed by atoms with Gasteiger partial charge in [0.2, 0.25) is 5.89 Å². The van der Waals surface area contributed by atoms with Crippen molar-refractivity contribution in [2.75, 3.05) is 29.5 Å². The lowest BCUT2D eigenvalue weighted by Gasteiger charge is -2.32. The number of pyridine rings is 1. The van der Waals surface area contributed by atoms with Gasteiger partial charge in [-0.2, -0.15) is 13.2 Å². The molecule has 12 heteroatoms. The van der Waals surface area contributed by atoms with Crippen molar-refractivity contribution in [1.29, 1.82) is 0 Å². The molecule has 0 aliphatic carbocycles. The molecule has 0 N–H and O–H groups in total. The molecule has 4 rings (SSSR count). The molecule has 1 fully saturated rings. The Morgan fingerprint density at radius 3 is 2.41 bits per heavy atom. The Bertz CT molecular complexity index is 1100. The van der Waals surface area contributed by atoms with E-state index in [1.54, 1.807) is 53.6 Å². The van der Waals surface area contributed by atoms with Gasteiger partial charge >= 0.3 is 18.1 Å². The van der Waals surface area contributed by atoms with Gasteiger partial charge in [0.25, 0.3) is 0 Å². The van der Waals surface area contributed by atoms with Crippen molar-refractivity contribution in [1.82, 2.24) is 20.1 Å². The van der Waals surface area contributed by atoms with Crippen LogP contribution in [0.2, 0.25) is 0 Å². The lowest BCUT2D eigenvalue weighted by atomic mass is 10.1. The lowest BCUT2D eigenvalue weighted by Crippen LogP contribution is -2.48. The summed E-state index contributed by atoms with van der Waals surface area (Å²) in [6, 6.07) is 11.4. The van der Waals surface area contributed by atoms with Gasteiger partial charge in [0.05, 0.1) is 6.54 Å². The molecule has 1 saturated heterocycles. The standard InChI is InChI=1S/C20H18F3N5O3S/c21-20(22,23)18-26-25-17(31-18)15-6-4-14(5-7-15)13-28(16-3-1-2-8-24-16)19(29)27-9-11-32(30)12-10-27/h1-8H,9-13H2. The van der Waals surface area contributed by atoms with Crippen LogP contribution in [0.3, 0.4) is 0 Å². The van der Waals surface area contributed by atoms with Crippen LogP contribution >= 0.6 is 0 Å². The van der Waals surface area contributed by atoms with Crippen molar-refractivity contribution in [2.24, 2.45) is 0 Å². The van der Waals surface area contributed by atoms with Crippen molar-refractivity contribution < 1.29 is 26.6 Å². The summed E-state index contributed by atoms with van der Waals surface area (Å²) in [5.41, 5.74) is 1.05. The van der Waals surface area contributed by atoms with Crippen LogP contribution in [-0.2, 0) is 23.5 Å². The number of halogens is 3.